The maximum absolute atomic E-state index is 14.1. The topological polar surface area (TPSA) is 92.2 Å². The van der Waals surface area contributed by atoms with Crippen molar-refractivity contribution >= 4 is 23.0 Å². The molecule has 1 N–H and O–H groups in total. The summed E-state index contributed by atoms with van der Waals surface area (Å²) < 4.78 is 25.2. The first-order valence-electron chi connectivity index (χ1n) is 10.6. The first-order chi connectivity index (χ1) is 15.9. The van der Waals surface area contributed by atoms with Crippen LogP contribution in [0.3, 0.4) is 0 Å². The molecule has 0 atom stereocenters. The lowest BCUT2D eigenvalue weighted by Crippen LogP contribution is -2.35. The summed E-state index contributed by atoms with van der Waals surface area (Å²) in [4.78, 5) is 26.1. The molecule has 0 unspecified atom stereocenters. The summed E-state index contributed by atoms with van der Waals surface area (Å²) in [7, 11) is 2.72. The number of amidine groups is 1. The number of carbonyl (C=O) groups is 1. The minimum atomic E-state index is -0.655. The minimum Gasteiger partial charge on any atom is -0.443 e. The van der Waals surface area contributed by atoms with Gasteiger partial charge in [0.15, 0.2) is 0 Å². The van der Waals surface area contributed by atoms with E-state index in [0.717, 1.165) is 12.4 Å². The van der Waals surface area contributed by atoms with Crippen molar-refractivity contribution in [2.45, 2.75) is 39.7 Å². The molecule has 0 fully saturated rings. The van der Waals surface area contributed by atoms with Crippen LogP contribution in [0.5, 0.6) is 5.75 Å². The van der Waals surface area contributed by atoms with Gasteiger partial charge in [0, 0.05) is 37.4 Å². The summed E-state index contributed by atoms with van der Waals surface area (Å²) in [5.74, 6) is 0.432. The Kier molecular flexibility index (Phi) is 8.71. The number of rotatable bonds is 7. The Morgan fingerprint density at radius 3 is 2.62 bits per heavy atom. The molecule has 1 heterocycles. The average molecular weight is 471 g/mol. The number of hydrogen-bond donors (Lipinski definition) is 1. The van der Waals surface area contributed by atoms with Gasteiger partial charge in [-0.25, -0.2) is 14.8 Å². The second-order valence-electron chi connectivity index (χ2n) is 8.25. The zero-order valence-corrected chi connectivity index (χ0v) is 20.4. The molecule has 0 bridgehead atoms. The van der Waals surface area contributed by atoms with Gasteiger partial charge in [0.25, 0.3) is 0 Å². The normalized spacial score (nSPS) is 12.5. The van der Waals surface area contributed by atoms with Gasteiger partial charge in [-0.2, -0.15) is 10.1 Å². The van der Waals surface area contributed by atoms with Gasteiger partial charge in [0.1, 0.15) is 23.5 Å². The first-order valence-corrected chi connectivity index (χ1v) is 10.6. The number of halogens is 1. The maximum Gasteiger partial charge on any atom is 0.414 e. The minimum absolute atomic E-state index is 0.0939. The van der Waals surface area contributed by atoms with E-state index < -0.39 is 11.7 Å². The fourth-order valence-electron chi connectivity index (χ4n) is 2.82. The molecule has 0 saturated heterocycles. The second kappa shape index (κ2) is 11.3. The molecule has 10 heteroatoms. The highest BCUT2D eigenvalue weighted by atomic mass is 19.2. The predicted molar refractivity (Wildman–Crippen MR) is 130 cm³/mol. The van der Waals surface area contributed by atoms with Crippen molar-refractivity contribution in [2.75, 3.05) is 14.1 Å². The van der Waals surface area contributed by atoms with Crippen LogP contribution in [-0.4, -0.2) is 51.8 Å². The van der Waals surface area contributed by atoms with Gasteiger partial charge < -0.3 is 14.8 Å². The number of amides is 1. The zero-order chi connectivity index (χ0) is 25.5. The summed E-state index contributed by atoms with van der Waals surface area (Å²) in [6.45, 7) is 14.9. The molecule has 0 aliphatic carbocycles. The number of nitrogens with zero attached hydrogens (tertiary/aromatic N) is 5. The van der Waals surface area contributed by atoms with Crippen molar-refractivity contribution < 1.29 is 18.7 Å². The maximum atomic E-state index is 14.1. The molecule has 2 aromatic rings. The molecule has 0 aliphatic rings. The Labute approximate surface area is 199 Å². The molecule has 9 nitrogen and oxygen atoms in total. The molecule has 1 aromatic heterocycles. The highest BCUT2D eigenvalue weighted by Crippen LogP contribution is 2.20. The number of aliphatic imine (C=N–C) groups is 1. The van der Waals surface area contributed by atoms with E-state index >= 15 is 0 Å². The van der Waals surface area contributed by atoms with Crippen LogP contribution < -0.4 is 10.1 Å². The summed E-state index contributed by atoms with van der Waals surface area (Å²) in [6.07, 6.45) is 4.53. The molecule has 182 valence electrons. The van der Waals surface area contributed by atoms with Gasteiger partial charge in [-0.05, 0) is 45.4 Å². The van der Waals surface area contributed by atoms with Crippen LogP contribution in [0.25, 0.3) is 10.9 Å². The van der Waals surface area contributed by atoms with Crippen molar-refractivity contribution in [1.29, 1.82) is 0 Å². The zero-order valence-electron chi connectivity index (χ0n) is 20.4. The number of carbonyl (C=O) groups excluding carboxylic acids is 1. The molecule has 0 aliphatic heterocycles. The van der Waals surface area contributed by atoms with Crippen LogP contribution in [0.1, 0.15) is 34.1 Å². The summed E-state index contributed by atoms with van der Waals surface area (Å²) in [5.41, 5.74) is 1.04. The molecular formula is C24H31FN6O3. The van der Waals surface area contributed by atoms with E-state index in [4.69, 9.17) is 9.47 Å². The van der Waals surface area contributed by atoms with Crippen LogP contribution in [0.2, 0.25) is 0 Å². The Hall–Kier alpha value is -3.95. The van der Waals surface area contributed by atoms with E-state index in [9.17, 15) is 9.28 Å². The second-order valence-corrected chi connectivity index (χ2v) is 8.25. The number of fused-ring (bicyclic) bond motifs is 1. The molecule has 0 spiro atoms. The van der Waals surface area contributed by atoms with E-state index in [1.807, 2.05) is 6.92 Å². The Balaban J connectivity index is 2.26. The highest BCUT2D eigenvalue weighted by Gasteiger charge is 2.22. The molecule has 0 saturated carbocycles. The third kappa shape index (κ3) is 7.29. The standard InChI is InChI=1S/C24H31FN6O3/c1-9-19(21(10-2)30(7)23(32)34-24(4,5)6)28-16(3)29-22(31(8)25)33-18-12-11-17-14-26-15-27-20(17)13-18/h10-15,28H,2-3,9H2,1,4-8H3/b21-19-,29-22?. The molecule has 2 rings (SSSR count). The molecule has 1 amide bonds. The largest absolute Gasteiger partial charge is 0.443 e. The first kappa shape index (κ1) is 26.3. The number of benzene rings is 1. The fraction of sp³-hybridized carbons (Fsp3) is 0.333. The summed E-state index contributed by atoms with van der Waals surface area (Å²) in [5, 5.41) is 4.05. The van der Waals surface area contributed by atoms with E-state index in [1.54, 1.807) is 52.2 Å². The Morgan fingerprint density at radius 1 is 1.32 bits per heavy atom. The van der Waals surface area contributed by atoms with E-state index in [1.165, 1.54) is 17.3 Å². The number of hydrogen-bond acceptors (Lipinski definition) is 7. The number of allylic oxidation sites excluding steroid dienone is 2. The average Bonchev–Trinajstić information content (AvgIpc) is 2.76. The van der Waals surface area contributed by atoms with Gasteiger partial charge in [-0.15, -0.1) is 0 Å². The van der Waals surface area contributed by atoms with Crippen molar-refractivity contribution in [3.8, 4) is 5.75 Å². The molecular weight excluding hydrogens is 439 g/mol. The van der Waals surface area contributed by atoms with Gasteiger partial charge in [-0.1, -0.05) is 24.6 Å². The molecule has 0 radical (unpaired) electrons. The Bertz CT molecular complexity index is 1120. The number of nitrogens with one attached hydrogen (secondary N) is 1. The van der Waals surface area contributed by atoms with Crippen molar-refractivity contribution in [3.63, 3.8) is 0 Å². The van der Waals surface area contributed by atoms with E-state index in [2.05, 4.69) is 33.4 Å². The third-order valence-electron chi connectivity index (χ3n) is 4.36. The van der Waals surface area contributed by atoms with Gasteiger partial charge in [-0.3, -0.25) is 4.90 Å². The SMILES string of the molecule is C=C/C(=C(\CC)NC(=C)N=C(Oc1ccc2cncnc2c1)N(C)F)N(C)C(=O)OC(C)(C)C. The van der Waals surface area contributed by atoms with Crippen LogP contribution >= 0.6 is 0 Å². The van der Waals surface area contributed by atoms with Crippen LogP contribution in [0.15, 0.2) is 72.2 Å². The van der Waals surface area contributed by atoms with Crippen molar-refractivity contribution in [1.82, 2.24) is 25.3 Å². The van der Waals surface area contributed by atoms with Crippen LogP contribution in [-0.2, 0) is 4.74 Å². The summed E-state index contributed by atoms with van der Waals surface area (Å²) >= 11 is 0. The quantitative estimate of drug-likeness (QED) is 0.266. The highest BCUT2D eigenvalue weighted by molar-refractivity contribution is 5.81. The monoisotopic (exact) mass is 470 g/mol. The van der Waals surface area contributed by atoms with E-state index in [-0.39, 0.29) is 17.0 Å². The fourth-order valence-corrected chi connectivity index (χ4v) is 2.82. The van der Waals surface area contributed by atoms with Crippen molar-refractivity contribution in [3.05, 3.63) is 67.2 Å². The molecule has 1 aromatic carbocycles. The summed E-state index contributed by atoms with van der Waals surface area (Å²) in [6, 6.07) is 4.72. The predicted octanol–water partition coefficient (Wildman–Crippen LogP) is 4.92. The number of likely N-dealkylation sites (N-methyl/N-ethyl adjacent to an activating group) is 1. The third-order valence-corrected chi connectivity index (χ3v) is 4.36. The smallest absolute Gasteiger partial charge is 0.414 e. The van der Waals surface area contributed by atoms with Crippen molar-refractivity contribution in [2.24, 2.45) is 4.99 Å². The van der Waals surface area contributed by atoms with E-state index in [0.29, 0.717) is 29.1 Å². The lowest BCUT2D eigenvalue weighted by atomic mass is 10.2. The lowest BCUT2D eigenvalue weighted by molar-refractivity contribution is 0.0356. The van der Waals surface area contributed by atoms with Gasteiger partial charge in [0.2, 0.25) is 0 Å². The Morgan fingerprint density at radius 2 is 2.03 bits per heavy atom. The van der Waals surface area contributed by atoms with Gasteiger partial charge in [0.05, 0.1) is 11.2 Å². The molecule has 34 heavy (non-hydrogen) atoms. The lowest BCUT2D eigenvalue weighted by Gasteiger charge is -2.27. The number of ether oxygens (including phenoxy) is 2. The van der Waals surface area contributed by atoms with Gasteiger partial charge >= 0.3 is 12.1 Å². The van der Waals surface area contributed by atoms with Crippen LogP contribution in [0.4, 0.5) is 9.28 Å². The number of aromatic nitrogens is 2. The van der Waals surface area contributed by atoms with Crippen LogP contribution in [0, 0.1) is 0 Å².